The Hall–Kier alpha value is -1.31. The zero-order valence-corrected chi connectivity index (χ0v) is 14.3. The molecule has 1 N–H and O–H groups in total. The van der Waals surface area contributed by atoms with E-state index in [1.54, 1.807) is 6.07 Å². The third kappa shape index (κ3) is 3.79. The monoisotopic (exact) mass is 314 g/mol. The summed E-state index contributed by atoms with van der Waals surface area (Å²) in [5.41, 5.74) is 1.58. The molecule has 2 heteroatoms. The predicted octanol–water partition coefficient (Wildman–Crippen LogP) is 5.88. The number of carboxylic acid groups (broad SMARTS) is 1. The Morgan fingerprint density at radius 2 is 1.52 bits per heavy atom. The molecule has 0 aliphatic heterocycles. The van der Waals surface area contributed by atoms with Gasteiger partial charge >= 0.3 is 5.97 Å². The first-order chi connectivity index (χ1) is 11.2. The van der Waals surface area contributed by atoms with Crippen LogP contribution in [0.1, 0.15) is 86.6 Å². The molecule has 1 aromatic carbocycles. The molecule has 0 bridgehead atoms. The van der Waals surface area contributed by atoms with Gasteiger partial charge in [0.1, 0.15) is 0 Å². The minimum atomic E-state index is -0.777. The van der Waals surface area contributed by atoms with Gasteiger partial charge in [-0.25, -0.2) is 4.79 Å². The second-order valence-corrected chi connectivity index (χ2v) is 7.69. The first kappa shape index (κ1) is 16.5. The molecule has 0 radical (unpaired) electrons. The van der Waals surface area contributed by atoms with Crippen molar-refractivity contribution in [2.45, 2.75) is 70.6 Å². The fraction of sp³-hybridized carbons (Fsp3) is 0.667. The molecule has 0 spiro atoms. The Morgan fingerprint density at radius 1 is 0.957 bits per heavy atom. The second-order valence-electron chi connectivity index (χ2n) is 7.69. The molecule has 0 amide bonds. The largest absolute Gasteiger partial charge is 0.478 e. The summed E-state index contributed by atoms with van der Waals surface area (Å²) >= 11 is 0. The third-order valence-corrected chi connectivity index (χ3v) is 6.54. The van der Waals surface area contributed by atoms with Crippen LogP contribution >= 0.6 is 0 Å². The van der Waals surface area contributed by atoms with Gasteiger partial charge in [0.15, 0.2) is 0 Å². The summed E-state index contributed by atoms with van der Waals surface area (Å²) in [5.74, 6) is 2.48. The van der Waals surface area contributed by atoms with Crippen molar-refractivity contribution in [3.63, 3.8) is 0 Å². The summed E-state index contributed by atoms with van der Waals surface area (Å²) in [6, 6.07) is 7.61. The van der Waals surface area contributed by atoms with Gasteiger partial charge in [-0.05, 0) is 73.8 Å². The highest BCUT2D eigenvalue weighted by molar-refractivity contribution is 5.89. The van der Waals surface area contributed by atoms with Gasteiger partial charge in [-0.15, -0.1) is 0 Å². The number of carbonyl (C=O) groups is 1. The summed E-state index contributed by atoms with van der Waals surface area (Å²) in [4.78, 5) is 11.4. The van der Waals surface area contributed by atoms with Gasteiger partial charge in [0.2, 0.25) is 0 Å². The summed E-state index contributed by atoms with van der Waals surface area (Å²) in [6.07, 6.45) is 12.0. The van der Waals surface area contributed by atoms with E-state index in [1.165, 1.54) is 57.8 Å². The lowest BCUT2D eigenvalue weighted by Gasteiger charge is -2.38. The number of carboxylic acids is 1. The zero-order valence-electron chi connectivity index (χ0n) is 14.3. The molecule has 23 heavy (non-hydrogen) atoms. The SMILES string of the molecule is CCC1CCC(C2CCC(c3ccccc3C(=O)O)CC2)CC1. The van der Waals surface area contributed by atoms with Crippen molar-refractivity contribution in [2.24, 2.45) is 17.8 Å². The first-order valence-electron chi connectivity index (χ1n) is 9.51. The van der Waals surface area contributed by atoms with E-state index in [1.807, 2.05) is 18.2 Å². The highest BCUT2D eigenvalue weighted by Crippen LogP contribution is 2.44. The lowest BCUT2D eigenvalue weighted by molar-refractivity contribution is 0.0694. The zero-order chi connectivity index (χ0) is 16.2. The smallest absolute Gasteiger partial charge is 0.335 e. The van der Waals surface area contributed by atoms with E-state index in [-0.39, 0.29) is 0 Å². The normalized spacial score (nSPS) is 31.7. The number of rotatable bonds is 4. The van der Waals surface area contributed by atoms with E-state index in [0.717, 1.165) is 23.3 Å². The predicted molar refractivity (Wildman–Crippen MR) is 93.8 cm³/mol. The van der Waals surface area contributed by atoms with E-state index in [2.05, 4.69) is 6.92 Å². The Morgan fingerprint density at radius 3 is 2.09 bits per heavy atom. The van der Waals surface area contributed by atoms with Crippen molar-refractivity contribution in [3.05, 3.63) is 35.4 Å². The van der Waals surface area contributed by atoms with Crippen molar-refractivity contribution in [1.29, 1.82) is 0 Å². The molecule has 0 atom stereocenters. The van der Waals surface area contributed by atoms with Gasteiger partial charge in [0.05, 0.1) is 5.56 Å². The quantitative estimate of drug-likeness (QED) is 0.754. The topological polar surface area (TPSA) is 37.3 Å². The number of aromatic carboxylic acids is 1. The van der Waals surface area contributed by atoms with Gasteiger partial charge in [0, 0.05) is 0 Å². The molecule has 0 saturated heterocycles. The molecule has 2 saturated carbocycles. The summed E-state index contributed by atoms with van der Waals surface area (Å²) in [6.45, 7) is 2.33. The van der Waals surface area contributed by atoms with Crippen LogP contribution in [-0.2, 0) is 0 Å². The van der Waals surface area contributed by atoms with E-state index in [4.69, 9.17) is 0 Å². The number of benzene rings is 1. The molecule has 2 nitrogen and oxygen atoms in total. The van der Waals surface area contributed by atoms with Crippen LogP contribution in [0.5, 0.6) is 0 Å². The van der Waals surface area contributed by atoms with Crippen LogP contribution in [0.3, 0.4) is 0 Å². The molecule has 126 valence electrons. The van der Waals surface area contributed by atoms with Crippen molar-refractivity contribution in [3.8, 4) is 0 Å². The van der Waals surface area contributed by atoms with Gasteiger partial charge in [0.25, 0.3) is 0 Å². The molecule has 0 heterocycles. The van der Waals surface area contributed by atoms with Crippen molar-refractivity contribution in [2.75, 3.05) is 0 Å². The maximum atomic E-state index is 11.4. The number of hydrogen-bond donors (Lipinski definition) is 1. The van der Waals surface area contributed by atoms with Crippen molar-refractivity contribution < 1.29 is 9.90 Å². The average Bonchev–Trinajstić information content (AvgIpc) is 2.62. The van der Waals surface area contributed by atoms with Crippen LogP contribution < -0.4 is 0 Å². The summed E-state index contributed by atoms with van der Waals surface area (Å²) < 4.78 is 0. The summed E-state index contributed by atoms with van der Waals surface area (Å²) in [7, 11) is 0. The molecule has 2 aliphatic rings. The van der Waals surface area contributed by atoms with Crippen LogP contribution in [0.2, 0.25) is 0 Å². The van der Waals surface area contributed by atoms with Gasteiger partial charge in [-0.2, -0.15) is 0 Å². The van der Waals surface area contributed by atoms with Crippen LogP contribution in [0.15, 0.2) is 24.3 Å². The van der Waals surface area contributed by atoms with E-state index in [0.29, 0.717) is 11.5 Å². The lowest BCUT2D eigenvalue weighted by atomic mass is 9.68. The van der Waals surface area contributed by atoms with Crippen molar-refractivity contribution in [1.82, 2.24) is 0 Å². The van der Waals surface area contributed by atoms with E-state index < -0.39 is 5.97 Å². The molecule has 0 unspecified atom stereocenters. The van der Waals surface area contributed by atoms with Crippen LogP contribution in [0.4, 0.5) is 0 Å². The molecular formula is C21H30O2. The lowest BCUT2D eigenvalue weighted by Crippen LogP contribution is -2.25. The standard InChI is InChI=1S/C21H30O2/c1-2-15-7-9-16(10-8-15)17-11-13-18(14-12-17)19-5-3-4-6-20(19)21(22)23/h3-6,15-18H,2,7-14H2,1H3,(H,22,23). The molecule has 1 aromatic rings. The third-order valence-electron chi connectivity index (χ3n) is 6.54. The Bertz CT molecular complexity index is 520. The summed E-state index contributed by atoms with van der Waals surface area (Å²) in [5, 5.41) is 9.40. The minimum absolute atomic E-state index is 0.450. The Labute approximate surface area is 140 Å². The fourth-order valence-electron chi connectivity index (χ4n) is 5.02. The second kappa shape index (κ2) is 7.51. The molecule has 2 fully saturated rings. The molecule has 2 aliphatic carbocycles. The highest BCUT2D eigenvalue weighted by atomic mass is 16.4. The van der Waals surface area contributed by atoms with E-state index in [9.17, 15) is 9.90 Å². The van der Waals surface area contributed by atoms with Crippen LogP contribution in [0.25, 0.3) is 0 Å². The van der Waals surface area contributed by atoms with Gasteiger partial charge < -0.3 is 5.11 Å². The maximum absolute atomic E-state index is 11.4. The average molecular weight is 314 g/mol. The van der Waals surface area contributed by atoms with Crippen LogP contribution in [-0.4, -0.2) is 11.1 Å². The number of hydrogen-bond acceptors (Lipinski definition) is 1. The maximum Gasteiger partial charge on any atom is 0.335 e. The van der Waals surface area contributed by atoms with Crippen LogP contribution in [0, 0.1) is 17.8 Å². The fourth-order valence-corrected chi connectivity index (χ4v) is 5.02. The molecular weight excluding hydrogens is 284 g/mol. The van der Waals surface area contributed by atoms with Crippen molar-refractivity contribution >= 4 is 5.97 Å². The Kier molecular flexibility index (Phi) is 5.40. The minimum Gasteiger partial charge on any atom is -0.478 e. The Balaban J connectivity index is 1.58. The van der Waals surface area contributed by atoms with Gasteiger partial charge in [-0.3, -0.25) is 0 Å². The van der Waals surface area contributed by atoms with Gasteiger partial charge in [-0.1, -0.05) is 44.4 Å². The first-order valence-corrected chi connectivity index (χ1v) is 9.51. The highest BCUT2D eigenvalue weighted by Gasteiger charge is 2.31. The molecule has 3 rings (SSSR count). The molecule has 0 aromatic heterocycles. The van der Waals surface area contributed by atoms with E-state index >= 15 is 0 Å².